The summed E-state index contributed by atoms with van der Waals surface area (Å²) in [6, 6.07) is 3.81. The lowest BCUT2D eigenvalue weighted by atomic mass is 9.74. The van der Waals surface area contributed by atoms with Crippen molar-refractivity contribution in [1.29, 1.82) is 0 Å². The zero-order chi connectivity index (χ0) is 24.0. The van der Waals surface area contributed by atoms with Crippen LogP contribution in [0.4, 0.5) is 4.39 Å². The molecule has 2 atom stereocenters. The van der Waals surface area contributed by atoms with Crippen molar-refractivity contribution >= 4 is 22.7 Å². The van der Waals surface area contributed by atoms with Crippen LogP contribution in [0.1, 0.15) is 69.0 Å². The lowest BCUT2D eigenvalue weighted by molar-refractivity contribution is -0.134. The topological polar surface area (TPSA) is 79.3 Å². The van der Waals surface area contributed by atoms with E-state index in [-0.39, 0.29) is 30.0 Å². The largest absolute Gasteiger partial charge is 0.316 e. The van der Waals surface area contributed by atoms with Crippen LogP contribution in [0.3, 0.4) is 0 Å². The average Bonchev–Trinajstić information content (AvgIpc) is 3.13. The second kappa shape index (κ2) is 9.04. The van der Waals surface area contributed by atoms with E-state index in [0.29, 0.717) is 34.4 Å². The number of nitrogens with zero attached hydrogens (tertiary/aromatic N) is 3. The standard InChI is InChI=1S/C26H36FN5O2/c1-26(2)15-28-11-8-17(26)14-32-12-9-16(10-13-32)18-4-5-19-23(30-31(3)24(19)22(18)27)20-6-7-21(33)29-25(20)34/h4-5,16-17,20,28H,6-15H2,1-3H3,(H,29,33,34)/t17-,20?/m0/s1. The first-order valence-electron chi connectivity index (χ1n) is 12.7. The number of hydrogen-bond acceptors (Lipinski definition) is 5. The van der Waals surface area contributed by atoms with Crippen molar-refractivity contribution in [3.8, 4) is 0 Å². The van der Waals surface area contributed by atoms with Gasteiger partial charge in [0.2, 0.25) is 11.8 Å². The molecule has 3 fully saturated rings. The van der Waals surface area contributed by atoms with Gasteiger partial charge in [-0.25, -0.2) is 4.39 Å². The molecular weight excluding hydrogens is 433 g/mol. The van der Waals surface area contributed by atoms with E-state index in [9.17, 15) is 9.59 Å². The first-order valence-corrected chi connectivity index (χ1v) is 12.7. The molecule has 8 heteroatoms. The van der Waals surface area contributed by atoms with Gasteiger partial charge >= 0.3 is 0 Å². The summed E-state index contributed by atoms with van der Waals surface area (Å²) in [5, 5.41) is 11.1. The number of halogens is 1. The molecule has 34 heavy (non-hydrogen) atoms. The number of rotatable bonds is 4. The van der Waals surface area contributed by atoms with Gasteiger partial charge in [0.15, 0.2) is 5.82 Å². The zero-order valence-electron chi connectivity index (χ0n) is 20.5. The average molecular weight is 470 g/mol. The Balaban J connectivity index is 1.31. The molecule has 0 saturated carbocycles. The van der Waals surface area contributed by atoms with Crippen LogP contribution in [0.2, 0.25) is 0 Å². The molecule has 2 amide bonds. The highest BCUT2D eigenvalue weighted by Crippen LogP contribution is 2.38. The van der Waals surface area contributed by atoms with E-state index in [2.05, 4.69) is 34.5 Å². The van der Waals surface area contributed by atoms with Crippen molar-refractivity contribution in [2.45, 2.75) is 57.8 Å². The minimum Gasteiger partial charge on any atom is -0.316 e. The summed E-state index contributed by atoms with van der Waals surface area (Å²) in [5.41, 5.74) is 2.09. The summed E-state index contributed by atoms with van der Waals surface area (Å²) in [6.07, 6.45) is 3.81. The highest BCUT2D eigenvalue weighted by molar-refractivity contribution is 6.02. The van der Waals surface area contributed by atoms with Crippen LogP contribution in [-0.2, 0) is 16.6 Å². The lowest BCUT2D eigenvalue weighted by Gasteiger charge is -2.43. The van der Waals surface area contributed by atoms with E-state index in [0.717, 1.165) is 51.1 Å². The third-order valence-electron chi connectivity index (χ3n) is 8.43. The molecule has 0 spiro atoms. The molecular formula is C26H36FN5O2. The van der Waals surface area contributed by atoms with E-state index < -0.39 is 5.92 Å². The number of amides is 2. The number of aryl methyl sites for hydroxylation is 1. The van der Waals surface area contributed by atoms with Crippen LogP contribution in [0.25, 0.3) is 10.9 Å². The monoisotopic (exact) mass is 469 g/mol. The summed E-state index contributed by atoms with van der Waals surface area (Å²) in [6.45, 7) is 10.0. The molecule has 1 aromatic carbocycles. The number of imide groups is 1. The van der Waals surface area contributed by atoms with Gasteiger partial charge in [0.25, 0.3) is 0 Å². The van der Waals surface area contributed by atoms with Crippen molar-refractivity contribution < 1.29 is 14.0 Å². The number of carbonyl (C=O) groups is 2. The molecule has 0 radical (unpaired) electrons. The Morgan fingerprint density at radius 2 is 1.91 bits per heavy atom. The summed E-state index contributed by atoms with van der Waals surface area (Å²) < 4.78 is 17.3. The van der Waals surface area contributed by atoms with Crippen LogP contribution < -0.4 is 10.6 Å². The van der Waals surface area contributed by atoms with Gasteiger partial charge in [0.1, 0.15) is 5.52 Å². The van der Waals surface area contributed by atoms with Crippen molar-refractivity contribution in [3.05, 3.63) is 29.2 Å². The van der Waals surface area contributed by atoms with Crippen molar-refractivity contribution in [1.82, 2.24) is 25.3 Å². The molecule has 184 valence electrons. The maximum absolute atomic E-state index is 15.8. The van der Waals surface area contributed by atoms with Gasteiger partial charge in [0, 0.05) is 31.9 Å². The molecule has 1 aromatic heterocycles. The summed E-state index contributed by atoms with van der Waals surface area (Å²) >= 11 is 0. The number of piperidine rings is 3. The maximum atomic E-state index is 15.8. The molecule has 2 N–H and O–H groups in total. The molecule has 3 aliphatic heterocycles. The first-order chi connectivity index (χ1) is 16.2. The second-order valence-electron chi connectivity index (χ2n) is 11.1. The second-order valence-corrected chi connectivity index (χ2v) is 11.1. The van der Waals surface area contributed by atoms with Gasteiger partial charge in [-0.1, -0.05) is 26.0 Å². The Bertz CT molecular complexity index is 1100. The van der Waals surface area contributed by atoms with Crippen LogP contribution >= 0.6 is 0 Å². The molecule has 3 aliphatic rings. The third kappa shape index (κ3) is 4.26. The smallest absolute Gasteiger partial charge is 0.235 e. The molecule has 0 aliphatic carbocycles. The van der Waals surface area contributed by atoms with E-state index in [1.807, 2.05) is 12.1 Å². The maximum Gasteiger partial charge on any atom is 0.235 e. The Labute approximate surface area is 200 Å². The number of nitrogens with one attached hydrogen (secondary N) is 2. The number of carbonyl (C=O) groups excluding carboxylic acids is 2. The van der Waals surface area contributed by atoms with Crippen LogP contribution in [0.5, 0.6) is 0 Å². The fraction of sp³-hybridized carbons (Fsp3) is 0.654. The minimum absolute atomic E-state index is 0.190. The first kappa shape index (κ1) is 23.4. The highest BCUT2D eigenvalue weighted by atomic mass is 19.1. The molecule has 4 heterocycles. The molecule has 3 saturated heterocycles. The fourth-order valence-corrected chi connectivity index (χ4v) is 6.19. The molecule has 0 bridgehead atoms. The van der Waals surface area contributed by atoms with Gasteiger partial charge in [-0.15, -0.1) is 0 Å². The van der Waals surface area contributed by atoms with Gasteiger partial charge in [0.05, 0.1) is 11.6 Å². The van der Waals surface area contributed by atoms with Crippen molar-refractivity contribution in [2.24, 2.45) is 18.4 Å². The van der Waals surface area contributed by atoms with E-state index in [1.54, 1.807) is 11.7 Å². The Morgan fingerprint density at radius 3 is 2.62 bits per heavy atom. The molecule has 7 nitrogen and oxygen atoms in total. The van der Waals surface area contributed by atoms with Gasteiger partial charge in [-0.2, -0.15) is 5.10 Å². The molecule has 5 rings (SSSR count). The van der Waals surface area contributed by atoms with Gasteiger partial charge < -0.3 is 10.2 Å². The summed E-state index contributed by atoms with van der Waals surface area (Å²) in [4.78, 5) is 26.5. The number of fused-ring (bicyclic) bond motifs is 1. The minimum atomic E-state index is -0.519. The third-order valence-corrected chi connectivity index (χ3v) is 8.43. The Hall–Kier alpha value is -2.32. The van der Waals surface area contributed by atoms with Gasteiger partial charge in [-0.3, -0.25) is 19.6 Å². The van der Waals surface area contributed by atoms with Crippen LogP contribution in [0, 0.1) is 17.2 Å². The number of hydrogen-bond donors (Lipinski definition) is 2. The number of aromatic nitrogens is 2. The van der Waals surface area contributed by atoms with Crippen molar-refractivity contribution in [2.75, 3.05) is 32.7 Å². The Morgan fingerprint density at radius 1 is 1.15 bits per heavy atom. The van der Waals surface area contributed by atoms with Crippen molar-refractivity contribution in [3.63, 3.8) is 0 Å². The van der Waals surface area contributed by atoms with Gasteiger partial charge in [-0.05, 0) is 68.1 Å². The normalized spacial score (nSPS) is 26.7. The van der Waals surface area contributed by atoms with Crippen LogP contribution in [-0.4, -0.2) is 59.2 Å². The fourth-order valence-electron chi connectivity index (χ4n) is 6.19. The highest BCUT2D eigenvalue weighted by Gasteiger charge is 2.35. The molecule has 2 aromatic rings. The lowest BCUT2D eigenvalue weighted by Crippen LogP contribution is -2.48. The zero-order valence-corrected chi connectivity index (χ0v) is 20.5. The van der Waals surface area contributed by atoms with E-state index >= 15 is 4.39 Å². The Kier molecular flexibility index (Phi) is 6.23. The number of likely N-dealkylation sites (tertiary alicyclic amines) is 1. The summed E-state index contributed by atoms with van der Waals surface area (Å²) in [5.74, 6) is -0.456. The van der Waals surface area contributed by atoms with E-state index in [4.69, 9.17) is 0 Å². The SMILES string of the molecule is Cn1nc(C2CCC(=O)NC2=O)c2ccc(C3CCN(C[C@@H]4CCNCC4(C)C)CC3)c(F)c21. The summed E-state index contributed by atoms with van der Waals surface area (Å²) in [7, 11) is 1.73. The predicted molar refractivity (Wildman–Crippen MR) is 129 cm³/mol. The quantitative estimate of drug-likeness (QED) is 0.673. The molecule has 1 unspecified atom stereocenters. The number of benzene rings is 1. The van der Waals surface area contributed by atoms with E-state index in [1.165, 1.54) is 6.42 Å². The predicted octanol–water partition coefficient (Wildman–Crippen LogP) is 3.05. The van der Waals surface area contributed by atoms with Crippen LogP contribution in [0.15, 0.2) is 12.1 Å².